The highest BCUT2D eigenvalue weighted by Gasteiger charge is 2.54. The first-order valence-electron chi connectivity index (χ1n) is 11.1. The fraction of sp³-hybridized carbons (Fsp3) is 0.500. The lowest BCUT2D eigenvalue weighted by molar-refractivity contribution is -0.0610. The Morgan fingerprint density at radius 2 is 1.91 bits per heavy atom. The molecule has 4 bridgehead atoms. The van der Waals surface area contributed by atoms with Gasteiger partial charge < -0.3 is 22.1 Å². The van der Waals surface area contributed by atoms with Crippen LogP contribution in [0.25, 0.3) is 0 Å². The molecule has 4 aliphatic rings. The van der Waals surface area contributed by atoms with Gasteiger partial charge in [0.15, 0.2) is 0 Å². The van der Waals surface area contributed by atoms with E-state index in [1.165, 1.54) is 43.7 Å². The summed E-state index contributed by atoms with van der Waals surface area (Å²) in [6, 6.07) is 6.06. The fourth-order valence-corrected chi connectivity index (χ4v) is 6.03. The van der Waals surface area contributed by atoms with Gasteiger partial charge in [-0.25, -0.2) is 8.78 Å². The summed E-state index contributed by atoms with van der Waals surface area (Å²) in [6.45, 7) is 4.29. The SMILES string of the molecule is C=C(NC=C(C#N)C(N)=NCC12CC3C[C@H](C1)C(N)[C@@H](C3)C2)NCc1c(F)cccc1F. The van der Waals surface area contributed by atoms with Gasteiger partial charge in [-0.3, -0.25) is 4.99 Å². The van der Waals surface area contributed by atoms with Crippen LogP contribution in [0, 0.1) is 46.1 Å². The largest absolute Gasteiger partial charge is 0.383 e. The van der Waals surface area contributed by atoms with Crippen LogP contribution in [0.15, 0.2) is 47.4 Å². The van der Waals surface area contributed by atoms with Gasteiger partial charge in [0.2, 0.25) is 0 Å². The minimum Gasteiger partial charge on any atom is -0.383 e. The maximum absolute atomic E-state index is 13.7. The van der Waals surface area contributed by atoms with Crippen LogP contribution in [0.1, 0.15) is 37.7 Å². The van der Waals surface area contributed by atoms with E-state index in [4.69, 9.17) is 11.5 Å². The lowest BCUT2D eigenvalue weighted by atomic mass is 9.48. The van der Waals surface area contributed by atoms with Crippen molar-refractivity contribution in [3.05, 3.63) is 59.6 Å². The van der Waals surface area contributed by atoms with Crippen LogP contribution in [0.5, 0.6) is 0 Å². The van der Waals surface area contributed by atoms with Crippen molar-refractivity contribution in [3.63, 3.8) is 0 Å². The van der Waals surface area contributed by atoms with E-state index < -0.39 is 11.6 Å². The molecule has 0 spiro atoms. The third kappa shape index (κ3) is 4.49. The molecule has 0 heterocycles. The standard InChI is InChI=1S/C24H30F2N6/c1-14(31-12-19-20(25)3-2-4-21(19)26)30-11-18(10-27)23(29)32-13-24-7-15-5-16(8-24)22(28)17(6-15)9-24/h2-4,11,15-17,22,30-31H,1,5-9,12-13,28H2,(H2,29,32)/t15?,16-,17+,22?,24?. The number of halogens is 2. The van der Waals surface area contributed by atoms with Gasteiger partial charge >= 0.3 is 0 Å². The Morgan fingerprint density at radius 3 is 2.53 bits per heavy atom. The number of rotatable bonds is 8. The smallest absolute Gasteiger partial charge is 0.137 e. The quantitative estimate of drug-likeness (QED) is 0.282. The van der Waals surface area contributed by atoms with Crippen molar-refractivity contribution in [2.24, 2.45) is 39.6 Å². The summed E-state index contributed by atoms with van der Waals surface area (Å²) in [7, 11) is 0. The average Bonchev–Trinajstić information content (AvgIpc) is 2.75. The molecule has 0 aliphatic heterocycles. The summed E-state index contributed by atoms with van der Waals surface area (Å²) >= 11 is 0. The minimum absolute atomic E-state index is 0.0855. The Kier molecular flexibility index (Phi) is 6.20. The third-order valence-corrected chi connectivity index (χ3v) is 7.39. The van der Waals surface area contributed by atoms with Crippen molar-refractivity contribution in [2.75, 3.05) is 6.54 Å². The number of nitrogens with two attached hydrogens (primary N) is 2. The van der Waals surface area contributed by atoms with Gasteiger partial charge in [-0.05, 0) is 67.4 Å². The minimum atomic E-state index is -0.638. The maximum atomic E-state index is 13.7. The van der Waals surface area contributed by atoms with Gasteiger partial charge in [0.05, 0.1) is 5.82 Å². The molecular formula is C24H30F2N6. The topological polar surface area (TPSA) is 112 Å². The second kappa shape index (κ2) is 8.91. The zero-order valence-electron chi connectivity index (χ0n) is 18.1. The average molecular weight is 441 g/mol. The first-order chi connectivity index (χ1) is 15.3. The number of nitrogens with zero attached hydrogens (tertiary/aromatic N) is 2. The lowest BCUT2D eigenvalue weighted by Gasteiger charge is -2.59. The Labute approximate surface area is 187 Å². The van der Waals surface area contributed by atoms with Crippen LogP contribution < -0.4 is 22.1 Å². The predicted octanol–water partition coefficient (Wildman–Crippen LogP) is 3.03. The number of aliphatic imine (C=N–C) groups is 1. The van der Waals surface area contributed by atoms with Crippen molar-refractivity contribution in [1.82, 2.24) is 10.6 Å². The van der Waals surface area contributed by atoms with E-state index in [0.717, 1.165) is 18.8 Å². The Bertz CT molecular complexity index is 958. The monoisotopic (exact) mass is 440 g/mol. The summed E-state index contributed by atoms with van der Waals surface area (Å²) in [5, 5.41) is 15.1. The Morgan fingerprint density at radius 1 is 1.25 bits per heavy atom. The van der Waals surface area contributed by atoms with Crippen LogP contribution in [0.2, 0.25) is 0 Å². The highest BCUT2D eigenvalue weighted by atomic mass is 19.1. The number of hydrogen-bond donors (Lipinski definition) is 4. The highest BCUT2D eigenvalue weighted by Crippen LogP contribution is 2.59. The Balaban J connectivity index is 1.34. The molecule has 5 atom stereocenters. The van der Waals surface area contributed by atoms with Gasteiger partial charge in [-0.2, -0.15) is 5.26 Å². The number of nitriles is 1. The van der Waals surface area contributed by atoms with Crippen molar-refractivity contribution in [2.45, 2.75) is 44.7 Å². The molecule has 0 amide bonds. The van der Waals surface area contributed by atoms with Crippen LogP contribution in [0.4, 0.5) is 8.78 Å². The second-order valence-corrected chi connectivity index (χ2v) is 9.60. The molecule has 0 aromatic heterocycles. The normalized spacial score (nSPS) is 31.3. The van der Waals surface area contributed by atoms with E-state index in [9.17, 15) is 14.0 Å². The summed E-state index contributed by atoms with van der Waals surface area (Å²) in [5.41, 5.74) is 12.8. The molecule has 8 heteroatoms. The molecule has 6 N–H and O–H groups in total. The van der Waals surface area contributed by atoms with E-state index in [1.54, 1.807) is 0 Å². The molecule has 0 saturated heterocycles. The molecule has 5 rings (SSSR count). The molecule has 1 aromatic rings. The van der Waals surface area contributed by atoms with Crippen LogP contribution in [-0.2, 0) is 6.54 Å². The summed E-state index contributed by atoms with van der Waals surface area (Å²) in [4.78, 5) is 4.58. The van der Waals surface area contributed by atoms with Crippen molar-refractivity contribution < 1.29 is 8.78 Å². The van der Waals surface area contributed by atoms with Gasteiger partial charge in [0.25, 0.3) is 0 Å². The molecule has 4 saturated carbocycles. The zero-order chi connectivity index (χ0) is 22.9. The van der Waals surface area contributed by atoms with E-state index >= 15 is 0 Å². The predicted molar refractivity (Wildman–Crippen MR) is 120 cm³/mol. The van der Waals surface area contributed by atoms with Gasteiger partial charge in [-0.1, -0.05) is 12.6 Å². The van der Waals surface area contributed by atoms with E-state index in [-0.39, 0.29) is 34.8 Å². The third-order valence-electron chi connectivity index (χ3n) is 7.39. The van der Waals surface area contributed by atoms with Crippen LogP contribution in [-0.4, -0.2) is 18.4 Å². The van der Waals surface area contributed by atoms with Crippen molar-refractivity contribution in [1.29, 1.82) is 5.26 Å². The molecule has 4 fully saturated rings. The molecule has 0 radical (unpaired) electrons. The number of hydrogen-bond acceptors (Lipinski definition) is 5. The molecule has 4 aliphatic carbocycles. The number of nitrogens with one attached hydrogen (secondary N) is 2. The highest BCUT2D eigenvalue weighted by molar-refractivity contribution is 6.00. The first kappa shape index (κ1) is 22.3. The molecule has 170 valence electrons. The van der Waals surface area contributed by atoms with Crippen LogP contribution in [0.3, 0.4) is 0 Å². The van der Waals surface area contributed by atoms with Gasteiger partial charge in [-0.15, -0.1) is 0 Å². The summed E-state index contributed by atoms with van der Waals surface area (Å²) in [5.74, 6) is 1.08. The number of amidine groups is 1. The van der Waals surface area contributed by atoms with E-state index in [2.05, 4.69) is 22.2 Å². The van der Waals surface area contributed by atoms with E-state index in [1.807, 2.05) is 6.07 Å². The van der Waals surface area contributed by atoms with E-state index in [0.29, 0.717) is 24.4 Å². The van der Waals surface area contributed by atoms with Crippen molar-refractivity contribution in [3.8, 4) is 6.07 Å². The summed E-state index contributed by atoms with van der Waals surface area (Å²) < 4.78 is 27.5. The maximum Gasteiger partial charge on any atom is 0.137 e. The molecule has 6 nitrogen and oxygen atoms in total. The second-order valence-electron chi connectivity index (χ2n) is 9.60. The summed E-state index contributed by atoms with van der Waals surface area (Å²) in [6.07, 6.45) is 7.22. The lowest BCUT2D eigenvalue weighted by Crippen LogP contribution is -2.57. The zero-order valence-corrected chi connectivity index (χ0v) is 18.1. The number of benzene rings is 1. The van der Waals surface area contributed by atoms with Crippen LogP contribution >= 0.6 is 0 Å². The molecule has 32 heavy (non-hydrogen) atoms. The van der Waals surface area contributed by atoms with Gasteiger partial charge in [0.1, 0.15) is 29.1 Å². The molecule has 3 unspecified atom stereocenters. The van der Waals surface area contributed by atoms with Crippen molar-refractivity contribution >= 4 is 5.84 Å². The Hall–Kier alpha value is -2.92. The molecular weight excluding hydrogens is 410 g/mol. The first-order valence-corrected chi connectivity index (χ1v) is 11.1. The molecule has 1 aromatic carbocycles. The van der Waals surface area contributed by atoms with Gasteiger partial charge in [0, 0.05) is 30.9 Å². The fourth-order valence-electron chi connectivity index (χ4n) is 6.03.